The molecule has 0 spiro atoms. The van der Waals surface area contributed by atoms with Crippen LogP contribution in [-0.2, 0) is 12.7 Å². The molecule has 2 aromatic carbocycles. The number of amides is 1. The zero-order valence-corrected chi connectivity index (χ0v) is 19.9. The number of carbonyl (C=O) groups excluding carboxylic acids is 1. The summed E-state index contributed by atoms with van der Waals surface area (Å²) < 4.78 is 41.4. The van der Waals surface area contributed by atoms with Gasteiger partial charge in [0, 0.05) is 31.1 Å². The van der Waals surface area contributed by atoms with E-state index in [1.54, 1.807) is 19.5 Å². The fraction of sp³-hybridized carbons (Fsp3) is 0.304. The molecule has 1 aliphatic rings. The number of nitrogens with one attached hydrogen (secondary N) is 2. The van der Waals surface area contributed by atoms with E-state index >= 15 is 0 Å². The molecule has 35 heavy (non-hydrogen) atoms. The number of hydrogen-bond donors (Lipinski definition) is 2. The monoisotopic (exact) mass is 505 g/mol. The molecule has 2 N–H and O–H groups in total. The third kappa shape index (κ3) is 5.30. The van der Waals surface area contributed by atoms with Crippen LogP contribution < -0.4 is 10.6 Å². The van der Waals surface area contributed by atoms with Crippen molar-refractivity contribution >= 4 is 29.4 Å². The SMILES string of the molecule is CNCc1cc(NC(=O)c2ccc(Cl)c(-n3cc(C4C=NN(C)C4C)nn3)c2)cc(C(F)(F)F)c1. The highest BCUT2D eigenvalue weighted by Gasteiger charge is 2.31. The zero-order chi connectivity index (χ0) is 25.3. The molecule has 184 valence electrons. The number of aromatic nitrogens is 3. The van der Waals surface area contributed by atoms with Crippen LogP contribution in [0.1, 0.15) is 40.0 Å². The van der Waals surface area contributed by atoms with Gasteiger partial charge in [0.1, 0.15) is 0 Å². The molecule has 8 nitrogen and oxygen atoms in total. The molecule has 1 amide bonds. The summed E-state index contributed by atoms with van der Waals surface area (Å²) >= 11 is 6.36. The van der Waals surface area contributed by atoms with Crippen LogP contribution in [0.5, 0.6) is 0 Å². The topological polar surface area (TPSA) is 87.4 Å². The molecule has 2 heterocycles. The van der Waals surface area contributed by atoms with E-state index in [1.165, 1.54) is 28.9 Å². The highest BCUT2D eigenvalue weighted by atomic mass is 35.5. The Labute approximate surface area is 204 Å². The quantitative estimate of drug-likeness (QED) is 0.521. The Hall–Kier alpha value is -3.44. The maximum Gasteiger partial charge on any atom is 0.416 e. The second-order valence-electron chi connectivity index (χ2n) is 8.26. The van der Waals surface area contributed by atoms with Crippen LogP contribution in [0.3, 0.4) is 0 Å². The van der Waals surface area contributed by atoms with Crippen molar-refractivity contribution in [3.63, 3.8) is 0 Å². The summed E-state index contributed by atoms with van der Waals surface area (Å²) in [6, 6.07) is 8.07. The Morgan fingerprint density at radius 1 is 1.20 bits per heavy atom. The summed E-state index contributed by atoms with van der Waals surface area (Å²) in [5.41, 5.74) is 0.881. The Morgan fingerprint density at radius 3 is 2.63 bits per heavy atom. The van der Waals surface area contributed by atoms with E-state index in [-0.39, 0.29) is 29.8 Å². The smallest absolute Gasteiger partial charge is 0.322 e. The van der Waals surface area contributed by atoms with Crippen LogP contribution in [0.15, 0.2) is 47.7 Å². The number of rotatable bonds is 6. The molecule has 0 saturated carbocycles. The number of hydrogen-bond acceptors (Lipinski definition) is 6. The lowest BCUT2D eigenvalue weighted by atomic mass is 10.0. The second kappa shape index (κ2) is 9.67. The number of halogens is 4. The van der Waals surface area contributed by atoms with Crippen molar-refractivity contribution in [3.8, 4) is 5.69 Å². The minimum Gasteiger partial charge on any atom is -0.322 e. The molecule has 0 aliphatic carbocycles. The molecular weight excluding hydrogens is 483 g/mol. The summed E-state index contributed by atoms with van der Waals surface area (Å²) in [7, 11) is 3.50. The van der Waals surface area contributed by atoms with Gasteiger partial charge in [-0.3, -0.25) is 9.80 Å². The van der Waals surface area contributed by atoms with Gasteiger partial charge in [0.15, 0.2) is 0 Å². The third-order valence-corrected chi connectivity index (χ3v) is 6.10. The first-order chi connectivity index (χ1) is 16.6. The van der Waals surface area contributed by atoms with Gasteiger partial charge in [0.25, 0.3) is 5.91 Å². The number of anilines is 1. The van der Waals surface area contributed by atoms with Crippen molar-refractivity contribution in [1.29, 1.82) is 0 Å². The molecule has 2 unspecified atom stereocenters. The molecule has 0 fully saturated rings. The summed E-state index contributed by atoms with van der Waals surface area (Å²) in [5, 5.41) is 20.2. The minimum atomic E-state index is -4.54. The normalized spacial score (nSPS) is 17.7. The molecule has 0 bridgehead atoms. The fourth-order valence-corrected chi connectivity index (χ4v) is 3.98. The largest absolute Gasteiger partial charge is 0.416 e. The van der Waals surface area contributed by atoms with Gasteiger partial charge in [-0.1, -0.05) is 16.8 Å². The van der Waals surface area contributed by atoms with E-state index < -0.39 is 17.6 Å². The first-order valence-electron chi connectivity index (χ1n) is 10.7. The average molecular weight is 506 g/mol. The Kier molecular flexibility index (Phi) is 6.82. The van der Waals surface area contributed by atoms with Gasteiger partial charge in [0.2, 0.25) is 0 Å². The van der Waals surface area contributed by atoms with Crippen molar-refractivity contribution in [1.82, 2.24) is 25.3 Å². The number of nitrogens with zero attached hydrogens (tertiary/aromatic N) is 5. The molecule has 0 saturated heterocycles. The number of benzene rings is 2. The van der Waals surface area contributed by atoms with E-state index in [0.717, 1.165) is 12.1 Å². The minimum absolute atomic E-state index is 0.0354. The Morgan fingerprint density at radius 2 is 1.97 bits per heavy atom. The van der Waals surface area contributed by atoms with Gasteiger partial charge >= 0.3 is 6.18 Å². The molecule has 1 aromatic heterocycles. The van der Waals surface area contributed by atoms with Gasteiger partial charge in [-0.15, -0.1) is 5.10 Å². The van der Waals surface area contributed by atoms with E-state index in [1.807, 2.05) is 19.0 Å². The van der Waals surface area contributed by atoms with E-state index in [2.05, 4.69) is 26.0 Å². The lowest BCUT2D eigenvalue weighted by Gasteiger charge is -2.17. The van der Waals surface area contributed by atoms with E-state index in [4.69, 9.17) is 11.6 Å². The van der Waals surface area contributed by atoms with Crippen LogP contribution >= 0.6 is 11.6 Å². The summed E-state index contributed by atoms with van der Waals surface area (Å²) in [5.74, 6) is -0.636. The van der Waals surface area contributed by atoms with E-state index in [0.29, 0.717) is 22.0 Å². The van der Waals surface area contributed by atoms with Crippen LogP contribution in [0.25, 0.3) is 5.69 Å². The molecule has 12 heteroatoms. The highest BCUT2D eigenvalue weighted by Crippen LogP contribution is 2.32. The van der Waals surface area contributed by atoms with E-state index in [9.17, 15) is 18.0 Å². The summed E-state index contributed by atoms with van der Waals surface area (Å²) in [4.78, 5) is 12.9. The molecule has 4 rings (SSSR count). The fourth-order valence-electron chi connectivity index (χ4n) is 3.78. The summed E-state index contributed by atoms with van der Waals surface area (Å²) in [6.45, 7) is 2.23. The average Bonchev–Trinajstić information content (AvgIpc) is 3.40. The van der Waals surface area contributed by atoms with Crippen molar-refractivity contribution in [3.05, 3.63) is 70.0 Å². The Balaban J connectivity index is 1.59. The van der Waals surface area contributed by atoms with Gasteiger partial charge in [-0.05, 0) is 55.9 Å². The number of carbonyl (C=O) groups is 1. The lowest BCUT2D eigenvalue weighted by Crippen LogP contribution is -2.24. The van der Waals surface area contributed by atoms with Gasteiger partial charge in [0.05, 0.1) is 40.1 Å². The van der Waals surface area contributed by atoms with Crippen LogP contribution in [-0.4, -0.2) is 52.3 Å². The van der Waals surface area contributed by atoms with Crippen molar-refractivity contribution in [2.45, 2.75) is 31.6 Å². The lowest BCUT2D eigenvalue weighted by molar-refractivity contribution is -0.137. The van der Waals surface area contributed by atoms with Crippen molar-refractivity contribution in [2.75, 3.05) is 19.4 Å². The molecule has 0 radical (unpaired) electrons. The Bertz CT molecular complexity index is 1270. The molecule has 1 aliphatic heterocycles. The summed E-state index contributed by atoms with van der Waals surface area (Å²) in [6.07, 6.45) is -1.04. The second-order valence-corrected chi connectivity index (χ2v) is 8.67. The van der Waals surface area contributed by atoms with Gasteiger partial charge in [-0.25, -0.2) is 4.68 Å². The third-order valence-electron chi connectivity index (χ3n) is 5.79. The first-order valence-corrected chi connectivity index (χ1v) is 11.1. The first kappa shape index (κ1) is 24.7. The maximum absolute atomic E-state index is 13.3. The highest BCUT2D eigenvalue weighted by molar-refractivity contribution is 6.32. The number of alkyl halides is 3. The molecule has 2 atom stereocenters. The molecular formula is C23H23ClF3N7O. The zero-order valence-electron chi connectivity index (χ0n) is 19.1. The van der Waals surface area contributed by atoms with Crippen LogP contribution in [0.2, 0.25) is 5.02 Å². The van der Waals surface area contributed by atoms with Crippen LogP contribution in [0.4, 0.5) is 18.9 Å². The standard InChI is InChI=1S/C23H23ClF3N7O/c1-13-18(11-29-33(13)3)20-12-34(32-31-20)21-8-15(4-5-19(21)24)22(35)30-17-7-14(10-28-2)6-16(9-17)23(25,26)27/h4-9,11-13,18,28H,10H2,1-3H3,(H,30,35). The number of hydrazone groups is 1. The number of likely N-dealkylation sites (N-methyl/N-ethyl adjacent to an activating group) is 1. The molecule has 3 aromatic rings. The van der Waals surface area contributed by atoms with Gasteiger partial charge in [-0.2, -0.15) is 18.3 Å². The maximum atomic E-state index is 13.3. The van der Waals surface area contributed by atoms with Gasteiger partial charge < -0.3 is 10.6 Å². The van der Waals surface area contributed by atoms with Crippen LogP contribution in [0, 0.1) is 0 Å². The predicted octanol–water partition coefficient (Wildman–Crippen LogP) is 4.31. The predicted molar refractivity (Wildman–Crippen MR) is 127 cm³/mol. The van der Waals surface area contributed by atoms with Crippen molar-refractivity contribution < 1.29 is 18.0 Å². The van der Waals surface area contributed by atoms with Crippen molar-refractivity contribution in [2.24, 2.45) is 5.10 Å².